The molecule has 4 rings (SSSR count). The zero-order valence-electron chi connectivity index (χ0n) is 13.3. The number of aryl methyl sites for hydroxylation is 3. The van der Waals surface area contributed by atoms with E-state index in [0.29, 0.717) is 0 Å². The lowest BCUT2D eigenvalue weighted by Crippen LogP contribution is -2.45. The largest absolute Gasteiger partial charge is 0.356 e. The van der Waals surface area contributed by atoms with Crippen LogP contribution in [0.5, 0.6) is 0 Å². The molecule has 4 heterocycles. The Balaban J connectivity index is 1.69. The van der Waals surface area contributed by atoms with E-state index in [1.807, 2.05) is 6.92 Å². The highest BCUT2D eigenvalue weighted by Gasteiger charge is 2.40. The van der Waals surface area contributed by atoms with Crippen molar-refractivity contribution in [1.29, 1.82) is 0 Å². The number of nitrogens with zero attached hydrogens (tertiary/aromatic N) is 3. The number of hydrogen-bond acceptors (Lipinski definition) is 6. The zero-order valence-corrected chi connectivity index (χ0v) is 14.1. The average Bonchev–Trinajstić information content (AvgIpc) is 3.05. The van der Waals surface area contributed by atoms with Gasteiger partial charge in [-0.15, -0.1) is 11.3 Å². The first-order chi connectivity index (χ1) is 10.6. The molecule has 0 saturated carbocycles. The fraction of sp³-hybridized carbons (Fsp3) is 0.625. The summed E-state index contributed by atoms with van der Waals surface area (Å²) in [6.07, 6.45) is 1.80. The molecule has 0 N–H and O–H groups in total. The summed E-state index contributed by atoms with van der Waals surface area (Å²) >= 11 is 1.76. The minimum Gasteiger partial charge on any atom is -0.356 e. The lowest BCUT2D eigenvalue weighted by molar-refractivity contribution is -0.169. The number of ether oxygens (including phenoxy) is 2. The molecule has 2 aliphatic rings. The van der Waals surface area contributed by atoms with Crippen molar-refractivity contribution in [2.24, 2.45) is 0 Å². The highest BCUT2D eigenvalue weighted by molar-refractivity contribution is 7.18. The Bertz CT molecular complexity index is 712. The topological polar surface area (TPSA) is 47.5 Å². The van der Waals surface area contributed by atoms with E-state index >= 15 is 0 Å². The van der Waals surface area contributed by atoms with Crippen LogP contribution in [0.2, 0.25) is 0 Å². The molecule has 6 heteroatoms. The molecule has 0 unspecified atom stereocenters. The van der Waals surface area contributed by atoms with Crippen molar-refractivity contribution in [3.8, 4) is 0 Å². The van der Waals surface area contributed by atoms with E-state index in [1.54, 1.807) is 11.3 Å². The number of piperidine rings is 1. The highest BCUT2D eigenvalue weighted by Crippen LogP contribution is 2.38. The average molecular weight is 319 g/mol. The smallest absolute Gasteiger partial charge is 0.171 e. The fourth-order valence-electron chi connectivity index (χ4n) is 3.41. The number of rotatable bonds is 1. The summed E-state index contributed by atoms with van der Waals surface area (Å²) in [4.78, 5) is 14.2. The summed E-state index contributed by atoms with van der Waals surface area (Å²) in [7, 11) is 0. The van der Waals surface area contributed by atoms with Crippen LogP contribution >= 0.6 is 11.3 Å². The van der Waals surface area contributed by atoms with Gasteiger partial charge in [0.15, 0.2) is 5.79 Å². The van der Waals surface area contributed by atoms with Gasteiger partial charge in [-0.25, -0.2) is 9.97 Å². The second-order valence-corrected chi connectivity index (χ2v) is 7.36. The Labute approximate surface area is 134 Å². The Kier molecular flexibility index (Phi) is 3.36. The molecule has 2 fully saturated rings. The predicted octanol–water partition coefficient (Wildman–Crippen LogP) is 2.96. The molecule has 2 aromatic rings. The van der Waals surface area contributed by atoms with Crippen molar-refractivity contribution in [3.05, 3.63) is 16.3 Å². The minimum atomic E-state index is -0.336. The molecule has 2 aromatic heterocycles. The van der Waals surface area contributed by atoms with E-state index in [9.17, 15) is 0 Å². The summed E-state index contributed by atoms with van der Waals surface area (Å²) in [5.41, 5.74) is 1.31. The van der Waals surface area contributed by atoms with Gasteiger partial charge >= 0.3 is 0 Å². The van der Waals surface area contributed by atoms with Gasteiger partial charge in [0, 0.05) is 30.8 Å². The van der Waals surface area contributed by atoms with Gasteiger partial charge in [0.2, 0.25) is 0 Å². The second-order valence-electron chi connectivity index (χ2n) is 6.15. The fourth-order valence-corrected chi connectivity index (χ4v) is 4.48. The second kappa shape index (κ2) is 5.15. The van der Waals surface area contributed by atoms with Crippen LogP contribution < -0.4 is 4.90 Å². The predicted molar refractivity (Wildman–Crippen MR) is 87.7 cm³/mol. The maximum absolute atomic E-state index is 5.83. The lowest BCUT2D eigenvalue weighted by Gasteiger charge is -2.38. The van der Waals surface area contributed by atoms with E-state index in [2.05, 4.69) is 23.7 Å². The number of aromatic nitrogens is 2. The normalized spacial score (nSPS) is 21.1. The standard InChI is InChI=1S/C16H21N3O2S/c1-10-11(2)22-15-13(10)14(17-12(3)18-15)19-6-4-16(5-7-19)20-8-9-21-16/h4-9H2,1-3H3. The van der Waals surface area contributed by atoms with E-state index in [0.717, 1.165) is 55.6 Å². The van der Waals surface area contributed by atoms with Crippen LogP contribution in [0.15, 0.2) is 0 Å². The molecular weight excluding hydrogens is 298 g/mol. The Hall–Kier alpha value is -1.24. The number of fused-ring (bicyclic) bond motifs is 1. The molecule has 22 heavy (non-hydrogen) atoms. The first-order valence-corrected chi connectivity index (χ1v) is 8.67. The molecule has 2 aliphatic heterocycles. The molecule has 0 atom stereocenters. The Morgan fingerprint density at radius 2 is 1.73 bits per heavy atom. The van der Waals surface area contributed by atoms with Gasteiger partial charge in [-0.1, -0.05) is 0 Å². The number of thiophene rings is 1. The third-order valence-corrected chi connectivity index (χ3v) is 5.86. The summed E-state index contributed by atoms with van der Waals surface area (Å²) in [5, 5.41) is 1.22. The van der Waals surface area contributed by atoms with Gasteiger partial charge < -0.3 is 14.4 Å². The van der Waals surface area contributed by atoms with Gasteiger partial charge in [0.05, 0.1) is 18.6 Å². The third-order valence-electron chi connectivity index (χ3n) is 4.76. The maximum Gasteiger partial charge on any atom is 0.171 e. The first kappa shape index (κ1) is 14.4. The van der Waals surface area contributed by atoms with Gasteiger partial charge in [-0.05, 0) is 26.3 Å². The van der Waals surface area contributed by atoms with E-state index in [-0.39, 0.29) is 5.79 Å². The Morgan fingerprint density at radius 1 is 1.05 bits per heavy atom. The lowest BCUT2D eigenvalue weighted by atomic mass is 10.0. The van der Waals surface area contributed by atoms with Crippen molar-refractivity contribution in [2.75, 3.05) is 31.2 Å². The molecule has 0 aromatic carbocycles. The van der Waals surface area contributed by atoms with Gasteiger partial charge in [-0.2, -0.15) is 0 Å². The van der Waals surface area contributed by atoms with E-state index in [4.69, 9.17) is 14.5 Å². The van der Waals surface area contributed by atoms with Crippen LogP contribution in [0.3, 0.4) is 0 Å². The van der Waals surface area contributed by atoms with Crippen LogP contribution in [0.25, 0.3) is 10.2 Å². The summed E-state index contributed by atoms with van der Waals surface area (Å²) < 4.78 is 11.7. The van der Waals surface area contributed by atoms with Gasteiger partial charge in [-0.3, -0.25) is 0 Å². The molecule has 2 saturated heterocycles. The maximum atomic E-state index is 5.83. The first-order valence-electron chi connectivity index (χ1n) is 7.85. The number of hydrogen-bond donors (Lipinski definition) is 0. The molecule has 118 valence electrons. The molecule has 0 aliphatic carbocycles. The van der Waals surface area contributed by atoms with Gasteiger partial charge in [0.1, 0.15) is 16.5 Å². The van der Waals surface area contributed by atoms with E-state index < -0.39 is 0 Å². The summed E-state index contributed by atoms with van der Waals surface area (Å²) in [6, 6.07) is 0. The van der Waals surface area contributed by atoms with Crippen LogP contribution in [-0.2, 0) is 9.47 Å². The monoisotopic (exact) mass is 319 g/mol. The zero-order chi connectivity index (χ0) is 15.3. The van der Waals surface area contributed by atoms with Crippen molar-refractivity contribution in [1.82, 2.24) is 9.97 Å². The highest BCUT2D eigenvalue weighted by atomic mass is 32.1. The Morgan fingerprint density at radius 3 is 2.41 bits per heavy atom. The van der Waals surface area contributed by atoms with Crippen molar-refractivity contribution < 1.29 is 9.47 Å². The third kappa shape index (κ3) is 2.21. The van der Waals surface area contributed by atoms with Crippen LogP contribution in [0.4, 0.5) is 5.82 Å². The van der Waals surface area contributed by atoms with E-state index in [1.165, 1.54) is 15.8 Å². The molecular formula is C16H21N3O2S. The molecule has 5 nitrogen and oxygen atoms in total. The molecule has 1 spiro atoms. The SMILES string of the molecule is Cc1nc(N2CCC3(CC2)OCCO3)c2c(C)c(C)sc2n1. The number of anilines is 1. The van der Waals surface area contributed by atoms with Gasteiger partial charge in [0.25, 0.3) is 0 Å². The molecule has 0 radical (unpaired) electrons. The van der Waals surface area contributed by atoms with Crippen molar-refractivity contribution in [2.45, 2.75) is 39.4 Å². The van der Waals surface area contributed by atoms with Crippen LogP contribution in [0.1, 0.15) is 29.1 Å². The van der Waals surface area contributed by atoms with Crippen LogP contribution in [-0.4, -0.2) is 42.1 Å². The van der Waals surface area contributed by atoms with Crippen LogP contribution in [0, 0.1) is 20.8 Å². The van der Waals surface area contributed by atoms with Crippen molar-refractivity contribution in [3.63, 3.8) is 0 Å². The minimum absolute atomic E-state index is 0.336. The molecule has 0 bridgehead atoms. The summed E-state index contributed by atoms with van der Waals surface area (Å²) in [5.74, 6) is 1.59. The molecule has 0 amide bonds. The summed E-state index contributed by atoms with van der Waals surface area (Å²) in [6.45, 7) is 9.58. The quantitative estimate of drug-likeness (QED) is 0.809. The van der Waals surface area contributed by atoms with Crippen molar-refractivity contribution >= 4 is 27.4 Å².